The largest absolute Gasteiger partial charge is 0.489 e. The Labute approximate surface area is 197 Å². The van der Waals surface area contributed by atoms with Crippen molar-refractivity contribution in [2.24, 2.45) is 0 Å². The predicted octanol–water partition coefficient (Wildman–Crippen LogP) is 2.96. The van der Waals surface area contributed by atoms with Crippen LogP contribution in [0.4, 0.5) is 17.5 Å². The molecule has 1 aliphatic rings. The third kappa shape index (κ3) is 4.92. The zero-order valence-corrected chi connectivity index (χ0v) is 19.5. The van der Waals surface area contributed by atoms with Gasteiger partial charge in [0.05, 0.1) is 18.3 Å². The van der Waals surface area contributed by atoms with E-state index in [9.17, 15) is 0 Å². The molecule has 1 aliphatic heterocycles. The van der Waals surface area contributed by atoms with Crippen molar-refractivity contribution >= 4 is 23.0 Å². The third-order valence-corrected chi connectivity index (χ3v) is 5.55. The minimum atomic E-state index is 0.0191. The van der Waals surface area contributed by atoms with Gasteiger partial charge in [-0.1, -0.05) is 0 Å². The molecule has 34 heavy (non-hydrogen) atoms. The third-order valence-electron chi connectivity index (χ3n) is 5.55. The molecule has 3 N–H and O–H groups in total. The summed E-state index contributed by atoms with van der Waals surface area (Å²) < 4.78 is 13.7. The summed E-state index contributed by atoms with van der Waals surface area (Å²) in [6.07, 6.45) is 3.71. The van der Waals surface area contributed by atoms with Crippen molar-refractivity contribution in [1.82, 2.24) is 29.9 Å². The number of fused-ring (bicyclic) bond motifs is 1. The zero-order chi connectivity index (χ0) is 23.5. The number of pyridine rings is 2. The normalized spacial score (nSPS) is 15.9. The Kier molecular flexibility index (Phi) is 6.24. The molecule has 4 aromatic heterocycles. The Morgan fingerprint density at radius 3 is 2.85 bits per heavy atom. The van der Waals surface area contributed by atoms with Crippen LogP contribution in [0, 0.1) is 13.8 Å². The number of aromatic nitrogens is 5. The van der Waals surface area contributed by atoms with Crippen LogP contribution in [0.2, 0.25) is 0 Å². The summed E-state index contributed by atoms with van der Waals surface area (Å²) in [5, 5.41) is 14.3. The lowest BCUT2D eigenvalue weighted by Gasteiger charge is -2.24. The van der Waals surface area contributed by atoms with Gasteiger partial charge >= 0.3 is 0 Å². The molecule has 5 rings (SSSR count). The van der Waals surface area contributed by atoms with Crippen LogP contribution in [-0.2, 0) is 4.74 Å². The lowest BCUT2D eigenvalue weighted by molar-refractivity contribution is 0.000254. The van der Waals surface area contributed by atoms with Crippen LogP contribution in [0.5, 0.6) is 5.75 Å². The molecule has 0 radical (unpaired) electrons. The van der Waals surface area contributed by atoms with Gasteiger partial charge in [-0.2, -0.15) is 5.10 Å². The van der Waals surface area contributed by atoms with E-state index in [1.165, 1.54) is 0 Å². The molecular formula is C24H28N8O2. The fourth-order valence-corrected chi connectivity index (χ4v) is 3.96. The summed E-state index contributed by atoms with van der Waals surface area (Å²) in [5.41, 5.74) is 3.80. The highest BCUT2D eigenvalue weighted by Gasteiger charge is 2.17. The summed E-state index contributed by atoms with van der Waals surface area (Å²) >= 11 is 0. The first-order valence-corrected chi connectivity index (χ1v) is 11.3. The van der Waals surface area contributed by atoms with Gasteiger partial charge in [0.25, 0.3) is 0 Å². The molecule has 0 spiro atoms. The number of morpholine rings is 1. The standard InChI is InChI=1S/C24H28N8O2/c1-15-8-23(29-16(2)28-15)30-24-10-18-9-17(4-6-32(18)31-24)20-11-22(25-3)27-13-21(20)34-14-19-12-26-5-7-33-19/h4,6,8-11,13,19,26H,5,7,12,14H2,1-3H3,(H,25,27)(H,28,29,30,31)/t19-/m0/s1. The summed E-state index contributed by atoms with van der Waals surface area (Å²) in [7, 11) is 1.85. The van der Waals surface area contributed by atoms with Gasteiger partial charge in [-0.25, -0.2) is 19.5 Å². The van der Waals surface area contributed by atoms with Crippen LogP contribution in [0.15, 0.2) is 42.7 Å². The molecule has 176 valence electrons. The van der Waals surface area contributed by atoms with E-state index < -0.39 is 0 Å². The van der Waals surface area contributed by atoms with Crippen molar-refractivity contribution in [2.75, 3.05) is 44.0 Å². The molecule has 1 atom stereocenters. The first-order chi connectivity index (χ1) is 16.6. The first-order valence-electron chi connectivity index (χ1n) is 11.3. The van der Waals surface area contributed by atoms with Crippen molar-refractivity contribution in [1.29, 1.82) is 0 Å². The molecular weight excluding hydrogens is 432 g/mol. The van der Waals surface area contributed by atoms with E-state index in [2.05, 4.69) is 42.1 Å². The Hall–Kier alpha value is -3.76. The van der Waals surface area contributed by atoms with Crippen molar-refractivity contribution in [3.05, 3.63) is 54.2 Å². The number of aryl methyl sites for hydroxylation is 2. The van der Waals surface area contributed by atoms with E-state index in [1.807, 2.05) is 55.9 Å². The van der Waals surface area contributed by atoms with Crippen molar-refractivity contribution < 1.29 is 9.47 Å². The van der Waals surface area contributed by atoms with E-state index in [0.29, 0.717) is 30.6 Å². The van der Waals surface area contributed by atoms with Crippen LogP contribution in [-0.4, -0.2) is 64.0 Å². The van der Waals surface area contributed by atoms with Crippen LogP contribution >= 0.6 is 0 Å². The molecule has 0 saturated carbocycles. The molecule has 0 bridgehead atoms. The topological polar surface area (TPSA) is 111 Å². The zero-order valence-electron chi connectivity index (χ0n) is 19.5. The quantitative estimate of drug-likeness (QED) is 0.383. The van der Waals surface area contributed by atoms with Gasteiger partial charge in [-0.3, -0.25) is 0 Å². The highest BCUT2D eigenvalue weighted by atomic mass is 16.5. The second-order valence-electron chi connectivity index (χ2n) is 8.20. The molecule has 0 unspecified atom stereocenters. The lowest BCUT2D eigenvalue weighted by atomic mass is 10.1. The average molecular weight is 461 g/mol. The minimum absolute atomic E-state index is 0.0191. The second-order valence-corrected chi connectivity index (χ2v) is 8.20. The van der Waals surface area contributed by atoms with E-state index in [0.717, 1.165) is 47.1 Å². The monoisotopic (exact) mass is 460 g/mol. The number of nitrogens with one attached hydrogen (secondary N) is 3. The number of hydrogen-bond donors (Lipinski definition) is 3. The van der Waals surface area contributed by atoms with Gasteiger partial charge < -0.3 is 25.4 Å². The summed E-state index contributed by atoms with van der Waals surface area (Å²) in [4.78, 5) is 13.2. The van der Waals surface area contributed by atoms with Crippen LogP contribution in [0.25, 0.3) is 16.6 Å². The number of nitrogens with zero attached hydrogens (tertiary/aromatic N) is 5. The predicted molar refractivity (Wildman–Crippen MR) is 131 cm³/mol. The van der Waals surface area contributed by atoms with Crippen molar-refractivity contribution in [3.8, 4) is 16.9 Å². The Morgan fingerprint density at radius 2 is 2.06 bits per heavy atom. The van der Waals surface area contributed by atoms with Gasteiger partial charge in [0.2, 0.25) is 0 Å². The minimum Gasteiger partial charge on any atom is -0.489 e. The summed E-state index contributed by atoms with van der Waals surface area (Å²) in [5.74, 6) is 3.62. The number of hydrogen-bond acceptors (Lipinski definition) is 9. The van der Waals surface area contributed by atoms with E-state index in [4.69, 9.17) is 9.47 Å². The molecule has 1 fully saturated rings. The number of anilines is 3. The van der Waals surface area contributed by atoms with Crippen LogP contribution < -0.4 is 20.7 Å². The summed E-state index contributed by atoms with van der Waals surface area (Å²) in [6.45, 7) is 6.63. The SMILES string of the molecule is CNc1cc(-c2ccn3nc(Nc4cc(C)nc(C)n4)cc3c2)c(OC[C@@H]2CNCCO2)cn1. The fraction of sp³-hybridized carbons (Fsp3) is 0.333. The molecule has 4 aromatic rings. The van der Waals surface area contributed by atoms with Gasteiger partial charge in [0.1, 0.15) is 35.9 Å². The van der Waals surface area contributed by atoms with Gasteiger partial charge in [-0.15, -0.1) is 0 Å². The second kappa shape index (κ2) is 9.62. The molecule has 5 heterocycles. The summed E-state index contributed by atoms with van der Waals surface area (Å²) in [6, 6.07) is 9.97. The Morgan fingerprint density at radius 1 is 1.15 bits per heavy atom. The highest BCUT2D eigenvalue weighted by molar-refractivity contribution is 5.76. The average Bonchev–Trinajstić information content (AvgIpc) is 3.24. The van der Waals surface area contributed by atoms with Crippen LogP contribution in [0.3, 0.4) is 0 Å². The molecule has 0 amide bonds. The van der Waals surface area contributed by atoms with E-state index >= 15 is 0 Å². The molecule has 10 heteroatoms. The molecule has 1 saturated heterocycles. The Balaban J connectivity index is 1.42. The van der Waals surface area contributed by atoms with Gasteiger partial charge in [-0.05, 0) is 37.6 Å². The number of ether oxygens (including phenoxy) is 2. The maximum Gasteiger partial charge on any atom is 0.154 e. The molecule has 0 aliphatic carbocycles. The molecule has 0 aromatic carbocycles. The van der Waals surface area contributed by atoms with Crippen LogP contribution in [0.1, 0.15) is 11.5 Å². The van der Waals surface area contributed by atoms with E-state index in [1.54, 1.807) is 6.20 Å². The van der Waals surface area contributed by atoms with Gasteiger partial charge in [0.15, 0.2) is 5.82 Å². The highest BCUT2D eigenvalue weighted by Crippen LogP contribution is 2.33. The van der Waals surface area contributed by atoms with Gasteiger partial charge in [0, 0.05) is 49.7 Å². The maximum atomic E-state index is 6.14. The fourth-order valence-electron chi connectivity index (χ4n) is 3.96. The Bertz CT molecular complexity index is 1280. The van der Waals surface area contributed by atoms with Crippen molar-refractivity contribution in [3.63, 3.8) is 0 Å². The lowest BCUT2D eigenvalue weighted by Crippen LogP contribution is -2.41. The maximum absolute atomic E-state index is 6.14. The smallest absolute Gasteiger partial charge is 0.154 e. The van der Waals surface area contributed by atoms with Crippen molar-refractivity contribution in [2.45, 2.75) is 20.0 Å². The molecule has 10 nitrogen and oxygen atoms in total. The van der Waals surface area contributed by atoms with E-state index in [-0.39, 0.29) is 6.10 Å². The number of rotatable bonds is 7. The first kappa shape index (κ1) is 22.1.